The molecule has 0 radical (unpaired) electrons. The quantitative estimate of drug-likeness (QED) is 0.101. The molecule has 0 saturated carbocycles. The van der Waals surface area contributed by atoms with Gasteiger partial charge >= 0.3 is 0 Å². The van der Waals surface area contributed by atoms with Gasteiger partial charge in [0, 0.05) is 58.0 Å². The first kappa shape index (κ1) is 28.4. The van der Waals surface area contributed by atoms with Gasteiger partial charge in [0.1, 0.15) is 5.82 Å². The Morgan fingerprint density at radius 2 is 1.46 bits per heavy atom. The van der Waals surface area contributed by atoms with Gasteiger partial charge in [-0.25, -0.2) is 4.98 Å². The molecule has 59 heavy (non-hydrogen) atoms. The van der Waals surface area contributed by atoms with Crippen LogP contribution < -0.4 is 9.30 Å². The fourth-order valence-corrected chi connectivity index (χ4v) is 7.41. The molecule has 0 aliphatic rings. The number of nitrogens with zero attached hydrogens (tertiary/aromatic N) is 4. The Morgan fingerprint density at radius 3 is 2.14 bits per heavy atom. The largest absolute Gasteiger partial charge is 0.510 e. The van der Waals surface area contributed by atoms with E-state index in [0.717, 1.165) is 27.4 Å². The van der Waals surface area contributed by atoms with Crippen LogP contribution in [0.15, 0.2) is 158 Å². The van der Waals surface area contributed by atoms with Crippen molar-refractivity contribution in [2.75, 3.05) is 0 Å². The molecule has 5 nitrogen and oxygen atoms in total. The molecule has 0 unspecified atom stereocenters. The van der Waals surface area contributed by atoms with E-state index in [0.29, 0.717) is 35.8 Å². The second-order valence-electron chi connectivity index (χ2n) is 15.0. The van der Waals surface area contributed by atoms with Crippen LogP contribution in [0.3, 0.4) is 0 Å². The molecule has 0 bridgehead atoms. The van der Waals surface area contributed by atoms with Crippen molar-refractivity contribution in [3.05, 3.63) is 187 Å². The summed E-state index contributed by atoms with van der Waals surface area (Å²) in [4.78, 5) is 4.82. The fraction of sp³-hybridized carbons (Fsp3) is 0.170. The van der Waals surface area contributed by atoms with E-state index in [1.807, 2.05) is 38.1 Å². The van der Waals surface area contributed by atoms with E-state index < -0.39 is 66.3 Å². The SMILES string of the molecule is [2H]c1c([2H])c([2H])c(-c2cccc(-c3c([2H])c([2H])c([2H])c([2H])c3[2H])c2-[n+]2[c-]n(-c3[c-]c(Oc4[c-]c5c(cc4)c4cc(C(C)(C)C)ccc4n5-c4cc(C([2H])(CC)CC)ccn4)ccc3)cc2)c([2H])c1[2H].[Pt]. The summed E-state index contributed by atoms with van der Waals surface area (Å²) in [6, 6.07) is 25.8. The van der Waals surface area contributed by atoms with Gasteiger partial charge < -0.3 is 13.9 Å². The molecular weight excluding hydrogens is 904 g/mol. The second-order valence-corrected chi connectivity index (χ2v) is 15.0. The summed E-state index contributed by atoms with van der Waals surface area (Å²) in [5.74, 6) is 0.645. The minimum atomic E-state index is -0.772. The zero-order valence-corrected chi connectivity index (χ0v) is 35.4. The number of aromatic nitrogens is 4. The van der Waals surface area contributed by atoms with Gasteiger partial charge in [0.25, 0.3) is 6.33 Å². The van der Waals surface area contributed by atoms with Crippen molar-refractivity contribution in [2.45, 2.75) is 58.8 Å². The molecule has 296 valence electrons. The van der Waals surface area contributed by atoms with Crippen LogP contribution in [0, 0.1) is 18.5 Å². The Balaban J connectivity index is 0.00000659. The predicted molar refractivity (Wildman–Crippen MR) is 235 cm³/mol. The van der Waals surface area contributed by atoms with Gasteiger partial charge in [0.2, 0.25) is 0 Å². The number of imidazole rings is 1. The Bertz CT molecular complexity index is 3400. The molecule has 0 atom stereocenters. The summed E-state index contributed by atoms with van der Waals surface area (Å²) in [5, 5.41) is 1.98. The Morgan fingerprint density at radius 1 is 0.780 bits per heavy atom. The van der Waals surface area contributed by atoms with E-state index in [9.17, 15) is 1.37 Å². The van der Waals surface area contributed by atoms with Crippen molar-refractivity contribution in [2.24, 2.45) is 0 Å². The van der Waals surface area contributed by atoms with Crippen molar-refractivity contribution in [3.63, 3.8) is 0 Å². The van der Waals surface area contributed by atoms with E-state index in [1.54, 1.807) is 59.6 Å². The molecule has 0 saturated heterocycles. The summed E-state index contributed by atoms with van der Waals surface area (Å²) in [5.41, 5.74) is 4.28. The van der Waals surface area contributed by atoms with Crippen LogP contribution in [0.2, 0.25) is 0 Å². The van der Waals surface area contributed by atoms with Crippen LogP contribution in [0.4, 0.5) is 0 Å². The van der Waals surface area contributed by atoms with Crippen molar-refractivity contribution in [1.82, 2.24) is 14.1 Å². The number of para-hydroxylation sites is 1. The van der Waals surface area contributed by atoms with Crippen LogP contribution in [0.5, 0.6) is 11.5 Å². The average Bonchev–Trinajstić information content (AvgIpc) is 3.97. The number of ether oxygens (including phenoxy) is 1. The van der Waals surface area contributed by atoms with E-state index >= 15 is 0 Å². The maximum absolute atomic E-state index is 9.21. The van der Waals surface area contributed by atoms with Gasteiger partial charge in [-0.3, -0.25) is 4.57 Å². The smallest absolute Gasteiger partial charge is 0.267 e. The van der Waals surface area contributed by atoms with E-state index in [1.165, 1.54) is 10.1 Å². The first-order chi connectivity index (χ1) is 32.8. The summed E-state index contributed by atoms with van der Waals surface area (Å²) < 4.78 is 107. The summed E-state index contributed by atoms with van der Waals surface area (Å²) in [6.07, 6.45) is 9.55. The fourth-order valence-electron chi connectivity index (χ4n) is 7.41. The molecular formula is C53H46N4OPt-2. The third kappa shape index (κ3) is 7.80. The third-order valence-electron chi connectivity index (χ3n) is 10.4. The van der Waals surface area contributed by atoms with Crippen LogP contribution in [0.25, 0.3) is 61.3 Å². The molecule has 9 aromatic rings. The van der Waals surface area contributed by atoms with Crippen molar-refractivity contribution >= 4 is 21.8 Å². The van der Waals surface area contributed by atoms with Gasteiger partial charge in [0.15, 0.2) is 0 Å². The number of rotatable bonds is 10. The normalized spacial score (nSPS) is 14.4. The van der Waals surface area contributed by atoms with Gasteiger partial charge in [-0.1, -0.05) is 131 Å². The summed E-state index contributed by atoms with van der Waals surface area (Å²) >= 11 is 0. The maximum atomic E-state index is 9.21. The first-order valence-corrected chi connectivity index (χ1v) is 19.3. The molecule has 6 aromatic carbocycles. The molecule has 0 spiro atoms. The van der Waals surface area contributed by atoms with Gasteiger partial charge in [0.05, 0.1) is 19.4 Å². The summed E-state index contributed by atoms with van der Waals surface area (Å²) in [7, 11) is 0. The van der Waals surface area contributed by atoms with Crippen LogP contribution in [-0.2, 0) is 26.5 Å². The average molecular weight is 961 g/mol. The molecule has 3 heterocycles. The monoisotopic (exact) mass is 960 g/mol. The van der Waals surface area contributed by atoms with Crippen molar-refractivity contribution < 1.29 is 45.4 Å². The number of hydrogen-bond acceptors (Lipinski definition) is 2. The van der Waals surface area contributed by atoms with E-state index in [-0.39, 0.29) is 54.4 Å². The number of fused-ring (bicyclic) bond motifs is 3. The van der Waals surface area contributed by atoms with Crippen LogP contribution >= 0.6 is 0 Å². The minimum absolute atomic E-state index is 0. The predicted octanol–water partition coefficient (Wildman–Crippen LogP) is 13.0. The maximum Gasteiger partial charge on any atom is 0.267 e. The molecule has 0 fully saturated rings. The number of hydrogen-bond donors (Lipinski definition) is 0. The Hall–Kier alpha value is -6.03. The topological polar surface area (TPSA) is 35.9 Å². The molecule has 3 aromatic heterocycles. The van der Waals surface area contributed by atoms with Crippen LogP contribution in [-0.4, -0.2) is 14.1 Å². The van der Waals surface area contributed by atoms with Gasteiger partial charge in [-0.15, -0.1) is 29.7 Å². The molecule has 6 heteroatoms. The molecule has 0 aliphatic heterocycles. The Labute approximate surface area is 377 Å². The molecule has 0 N–H and O–H groups in total. The van der Waals surface area contributed by atoms with E-state index in [4.69, 9.17) is 23.4 Å². The minimum Gasteiger partial charge on any atom is -0.510 e. The zero-order chi connectivity index (χ0) is 49.4. The Kier molecular flexibility index (Phi) is 8.03. The summed E-state index contributed by atoms with van der Waals surface area (Å²) in [6.45, 7) is 10.6. The standard InChI is InChI=1S/C53H46N4O.Pt/c1-6-37(7-2)40-28-29-54-51(32-40)57-49-27-24-41(53(3,4)5)33-48(49)47-26-25-44(35-50(47)57)58-43-21-14-20-42(34-43)55-30-31-56(36-55)52-45(38-16-10-8-11-17-38)22-15-23-46(52)39-18-12-9-13-19-39;/h8-33,37H,6-7H2,1-5H3;/q-2;/i8D,9D,10D,11D,12D,13D,16D,17D,18D,19D,37D;. The molecule has 0 amide bonds. The van der Waals surface area contributed by atoms with Gasteiger partial charge in [-0.05, 0) is 86.8 Å². The van der Waals surface area contributed by atoms with Crippen molar-refractivity contribution in [3.8, 4) is 50.9 Å². The zero-order valence-electron chi connectivity index (χ0n) is 44.2. The molecule has 9 rings (SSSR count). The number of benzene rings is 6. The third-order valence-corrected chi connectivity index (χ3v) is 10.4. The van der Waals surface area contributed by atoms with Crippen LogP contribution in [0.1, 0.15) is 79.6 Å². The van der Waals surface area contributed by atoms with Crippen molar-refractivity contribution in [1.29, 1.82) is 0 Å². The first-order valence-electron chi connectivity index (χ1n) is 24.8. The molecule has 0 aliphatic carbocycles. The van der Waals surface area contributed by atoms with Gasteiger partial charge in [-0.2, -0.15) is 18.2 Å². The number of pyridine rings is 1. The second kappa shape index (κ2) is 16.7. The van der Waals surface area contributed by atoms with E-state index in [2.05, 4.69) is 62.0 Å².